The van der Waals surface area contributed by atoms with Gasteiger partial charge in [-0.3, -0.25) is 0 Å². The predicted octanol–water partition coefficient (Wildman–Crippen LogP) is 0.313. The molecule has 2 saturated heterocycles. The van der Waals surface area contributed by atoms with E-state index in [1.165, 1.54) is 0 Å². The van der Waals surface area contributed by atoms with Crippen LogP contribution in [0, 0.1) is 0 Å². The molecule has 0 aromatic rings. The van der Waals surface area contributed by atoms with Crippen LogP contribution in [0.5, 0.6) is 0 Å². The normalized spacial score (nSPS) is 36.8. The summed E-state index contributed by atoms with van der Waals surface area (Å²) in [7, 11) is 0. The Labute approximate surface area is 71.7 Å². The number of fused-ring (bicyclic) bond motifs is 1. The first-order valence-electron chi connectivity index (χ1n) is 3.92. The summed E-state index contributed by atoms with van der Waals surface area (Å²) in [5, 5.41) is 4.00. The van der Waals surface area contributed by atoms with Crippen molar-refractivity contribution in [2.24, 2.45) is 0 Å². The van der Waals surface area contributed by atoms with Gasteiger partial charge >= 0.3 is 0 Å². The lowest BCUT2D eigenvalue weighted by molar-refractivity contribution is -0.0507. The van der Waals surface area contributed by atoms with Crippen molar-refractivity contribution in [3.63, 3.8) is 0 Å². The molecule has 62 valence electrons. The second-order valence-corrected chi connectivity index (χ2v) is 3.54. The lowest BCUT2D eigenvalue weighted by Crippen LogP contribution is -2.56. The highest BCUT2D eigenvalue weighted by molar-refractivity contribution is 7.80. The van der Waals surface area contributed by atoms with Gasteiger partial charge in [-0.25, -0.2) is 0 Å². The maximum Gasteiger partial charge on any atom is 0.171 e. The van der Waals surface area contributed by atoms with E-state index in [1.807, 2.05) is 0 Å². The molecule has 0 aromatic heterocycles. The Balaban J connectivity index is 2.22. The molecule has 3 nitrogen and oxygen atoms in total. The second-order valence-electron chi connectivity index (χ2n) is 3.16. The fraction of sp³-hybridized carbons (Fsp3) is 0.857. The van der Waals surface area contributed by atoms with Crippen LogP contribution in [0.2, 0.25) is 0 Å². The number of ether oxygens (including phenoxy) is 1. The van der Waals surface area contributed by atoms with Crippen LogP contribution in [-0.4, -0.2) is 35.4 Å². The number of nitrogens with one attached hydrogen (secondary N) is 1. The number of hydrogen-bond donors (Lipinski definition) is 1. The lowest BCUT2D eigenvalue weighted by Gasteiger charge is -2.39. The molecule has 0 spiro atoms. The third-order valence-corrected chi connectivity index (χ3v) is 2.77. The Kier molecular flexibility index (Phi) is 1.54. The molecule has 2 aliphatic heterocycles. The summed E-state index contributed by atoms with van der Waals surface area (Å²) in [6.07, 6.45) is 1.02. The summed E-state index contributed by atoms with van der Waals surface area (Å²) in [6, 6.07) is 0. The fourth-order valence-electron chi connectivity index (χ4n) is 1.69. The van der Waals surface area contributed by atoms with Crippen LogP contribution in [0.3, 0.4) is 0 Å². The van der Waals surface area contributed by atoms with Crippen molar-refractivity contribution >= 4 is 17.3 Å². The van der Waals surface area contributed by atoms with E-state index >= 15 is 0 Å². The van der Waals surface area contributed by atoms with Crippen LogP contribution in [0.4, 0.5) is 0 Å². The minimum Gasteiger partial charge on any atom is -0.362 e. The van der Waals surface area contributed by atoms with Gasteiger partial charge in [0, 0.05) is 19.5 Å². The van der Waals surface area contributed by atoms with E-state index in [4.69, 9.17) is 17.0 Å². The van der Waals surface area contributed by atoms with E-state index in [2.05, 4.69) is 17.1 Å². The van der Waals surface area contributed by atoms with E-state index in [0.717, 1.165) is 31.2 Å². The molecule has 0 aromatic carbocycles. The van der Waals surface area contributed by atoms with Crippen molar-refractivity contribution in [2.75, 3.05) is 19.7 Å². The molecule has 0 aliphatic carbocycles. The molecule has 2 fully saturated rings. The van der Waals surface area contributed by atoms with Gasteiger partial charge in [-0.15, -0.1) is 0 Å². The number of nitrogens with zero attached hydrogens (tertiary/aromatic N) is 1. The molecule has 0 bridgehead atoms. The van der Waals surface area contributed by atoms with Gasteiger partial charge < -0.3 is 15.0 Å². The van der Waals surface area contributed by atoms with Crippen molar-refractivity contribution in [3.8, 4) is 0 Å². The first-order chi connectivity index (χ1) is 5.22. The number of hydrogen-bond acceptors (Lipinski definition) is 2. The number of thiocarbonyl (C=S) groups is 1. The van der Waals surface area contributed by atoms with Crippen molar-refractivity contribution in [1.29, 1.82) is 0 Å². The maximum atomic E-state index is 5.61. The summed E-state index contributed by atoms with van der Waals surface area (Å²) in [6.45, 7) is 4.78. The minimum absolute atomic E-state index is 0.109. The average Bonchev–Trinajstić information content (AvgIpc) is 2.31. The van der Waals surface area contributed by atoms with E-state index < -0.39 is 0 Å². The van der Waals surface area contributed by atoms with E-state index in [0.29, 0.717) is 0 Å². The molecule has 2 aliphatic rings. The largest absolute Gasteiger partial charge is 0.362 e. The van der Waals surface area contributed by atoms with Crippen molar-refractivity contribution in [1.82, 2.24) is 10.2 Å². The van der Waals surface area contributed by atoms with Crippen molar-refractivity contribution in [2.45, 2.75) is 19.1 Å². The van der Waals surface area contributed by atoms with E-state index in [-0.39, 0.29) is 5.72 Å². The topological polar surface area (TPSA) is 24.5 Å². The third-order valence-electron chi connectivity index (χ3n) is 2.41. The molecule has 11 heavy (non-hydrogen) atoms. The van der Waals surface area contributed by atoms with Gasteiger partial charge in [0.15, 0.2) is 5.11 Å². The highest BCUT2D eigenvalue weighted by atomic mass is 32.1. The van der Waals surface area contributed by atoms with Gasteiger partial charge in [-0.2, -0.15) is 0 Å². The molecule has 1 unspecified atom stereocenters. The molecular weight excluding hydrogens is 160 g/mol. The maximum absolute atomic E-state index is 5.61. The molecule has 0 amide bonds. The zero-order chi connectivity index (χ0) is 7.90. The fourth-order valence-corrected chi connectivity index (χ4v) is 2.08. The van der Waals surface area contributed by atoms with Crippen LogP contribution in [0.15, 0.2) is 0 Å². The first kappa shape index (κ1) is 7.31. The number of rotatable bonds is 0. The Morgan fingerprint density at radius 1 is 1.73 bits per heavy atom. The summed E-state index contributed by atoms with van der Waals surface area (Å²) in [4.78, 5) is 2.13. The van der Waals surface area contributed by atoms with Gasteiger partial charge in [0.2, 0.25) is 0 Å². The van der Waals surface area contributed by atoms with Crippen molar-refractivity contribution in [3.05, 3.63) is 0 Å². The van der Waals surface area contributed by atoms with Crippen LogP contribution >= 0.6 is 12.2 Å². The molecular formula is C7H12N2OS. The SMILES string of the molecule is CC12CCNC(=S)N1CCO2. The van der Waals surface area contributed by atoms with Gasteiger partial charge in [0.05, 0.1) is 6.61 Å². The summed E-state index contributed by atoms with van der Waals surface area (Å²) >= 11 is 5.15. The molecule has 4 heteroatoms. The van der Waals surface area contributed by atoms with Gasteiger partial charge in [0.1, 0.15) is 5.72 Å². The Morgan fingerprint density at radius 2 is 2.55 bits per heavy atom. The molecule has 1 atom stereocenters. The quantitative estimate of drug-likeness (QED) is 0.532. The highest BCUT2D eigenvalue weighted by Gasteiger charge is 2.41. The Hall–Kier alpha value is -0.350. The van der Waals surface area contributed by atoms with Crippen LogP contribution in [-0.2, 0) is 4.74 Å². The van der Waals surface area contributed by atoms with Crippen molar-refractivity contribution < 1.29 is 4.74 Å². The standard InChI is InChI=1S/C7H12N2OS/c1-7-2-3-8-6(11)9(7)4-5-10-7/h2-5H2,1H3,(H,8,11). The molecule has 1 N–H and O–H groups in total. The molecule has 0 radical (unpaired) electrons. The first-order valence-corrected chi connectivity index (χ1v) is 4.33. The zero-order valence-corrected chi connectivity index (χ0v) is 7.41. The van der Waals surface area contributed by atoms with Gasteiger partial charge in [-0.1, -0.05) is 0 Å². The summed E-state index contributed by atoms with van der Waals surface area (Å²) in [5.74, 6) is 0. The van der Waals surface area contributed by atoms with E-state index in [1.54, 1.807) is 0 Å². The smallest absolute Gasteiger partial charge is 0.171 e. The third kappa shape index (κ3) is 1.01. The van der Waals surface area contributed by atoms with Gasteiger partial charge in [-0.05, 0) is 19.1 Å². The van der Waals surface area contributed by atoms with Crippen LogP contribution in [0.25, 0.3) is 0 Å². The summed E-state index contributed by atoms with van der Waals surface area (Å²) < 4.78 is 5.61. The molecule has 2 heterocycles. The van der Waals surface area contributed by atoms with E-state index in [9.17, 15) is 0 Å². The monoisotopic (exact) mass is 172 g/mol. The zero-order valence-electron chi connectivity index (χ0n) is 6.59. The van der Waals surface area contributed by atoms with Crippen LogP contribution < -0.4 is 5.32 Å². The Bertz CT molecular complexity index is 197. The second kappa shape index (κ2) is 2.32. The summed E-state index contributed by atoms with van der Waals surface area (Å²) in [5.41, 5.74) is -0.109. The lowest BCUT2D eigenvalue weighted by atomic mass is 10.1. The highest BCUT2D eigenvalue weighted by Crippen LogP contribution is 2.28. The Morgan fingerprint density at radius 3 is 3.27 bits per heavy atom. The van der Waals surface area contributed by atoms with Gasteiger partial charge in [0.25, 0.3) is 0 Å². The minimum atomic E-state index is -0.109. The molecule has 2 rings (SSSR count). The van der Waals surface area contributed by atoms with Crippen LogP contribution in [0.1, 0.15) is 13.3 Å². The predicted molar refractivity (Wildman–Crippen MR) is 46.3 cm³/mol. The molecule has 0 saturated carbocycles. The average molecular weight is 172 g/mol.